The number of imide groups is 1. The fourth-order valence-electron chi connectivity index (χ4n) is 2.11. The first-order chi connectivity index (χ1) is 6.93. The number of rotatable bonds is 3. The van der Waals surface area contributed by atoms with Crippen molar-refractivity contribution in [1.29, 1.82) is 0 Å². The lowest BCUT2D eigenvalue weighted by molar-refractivity contribution is -0.145. The van der Waals surface area contributed by atoms with Gasteiger partial charge >= 0.3 is 0 Å². The van der Waals surface area contributed by atoms with Crippen molar-refractivity contribution < 1.29 is 9.59 Å². The molecule has 2 aliphatic rings. The van der Waals surface area contributed by atoms with Gasteiger partial charge in [-0.2, -0.15) is 0 Å². The number of fused-ring (bicyclic) bond motifs is 1. The fourth-order valence-corrected chi connectivity index (χ4v) is 2.35. The molecule has 15 heavy (non-hydrogen) atoms. The Morgan fingerprint density at radius 3 is 2.33 bits per heavy atom. The van der Waals surface area contributed by atoms with Crippen molar-refractivity contribution in [3.05, 3.63) is 0 Å². The van der Waals surface area contributed by atoms with Gasteiger partial charge in [-0.15, -0.1) is 0 Å². The summed E-state index contributed by atoms with van der Waals surface area (Å²) in [5, 5.41) is 0. The number of piperidine rings is 1. The Morgan fingerprint density at radius 1 is 1.53 bits per heavy atom. The largest absolute Gasteiger partial charge is 0.391 e. The zero-order valence-electron chi connectivity index (χ0n) is 8.82. The van der Waals surface area contributed by atoms with E-state index in [0.29, 0.717) is 12.8 Å². The van der Waals surface area contributed by atoms with Crippen molar-refractivity contribution >= 4 is 29.0 Å². The first-order valence-corrected chi connectivity index (χ1v) is 5.52. The molecule has 1 saturated carbocycles. The topological polar surface area (TPSA) is 63.4 Å². The van der Waals surface area contributed by atoms with Crippen LogP contribution in [0.4, 0.5) is 0 Å². The van der Waals surface area contributed by atoms with E-state index in [4.69, 9.17) is 18.0 Å². The van der Waals surface area contributed by atoms with Crippen LogP contribution in [0.3, 0.4) is 0 Å². The van der Waals surface area contributed by atoms with Gasteiger partial charge < -0.3 is 5.73 Å². The Bertz CT molecular complexity index is 348. The van der Waals surface area contributed by atoms with Crippen LogP contribution in [0, 0.1) is 11.8 Å². The molecule has 82 valence electrons. The molecule has 2 amide bonds. The van der Waals surface area contributed by atoms with Crippen LogP contribution in [0.5, 0.6) is 0 Å². The fraction of sp³-hybridized carbons (Fsp3) is 0.700. The van der Waals surface area contributed by atoms with Crippen molar-refractivity contribution in [2.75, 3.05) is 0 Å². The number of likely N-dealkylation sites (tertiary alicyclic amines) is 1. The minimum atomic E-state index is -0.781. The van der Waals surface area contributed by atoms with E-state index in [1.165, 1.54) is 4.90 Å². The van der Waals surface area contributed by atoms with Gasteiger partial charge in [-0.1, -0.05) is 19.1 Å². The van der Waals surface area contributed by atoms with E-state index in [1.807, 2.05) is 6.92 Å². The summed E-state index contributed by atoms with van der Waals surface area (Å²) >= 11 is 4.96. The van der Waals surface area contributed by atoms with Gasteiger partial charge in [0.1, 0.15) is 0 Å². The number of hydrogen-bond donors (Lipinski definition) is 1. The van der Waals surface area contributed by atoms with E-state index in [2.05, 4.69) is 0 Å². The Hall–Kier alpha value is -0.970. The molecule has 3 unspecified atom stereocenters. The molecule has 0 spiro atoms. The highest BCUT2D eigenvalue weighted by molar-refractivity contribution is 7.80. The molecule has 1 aliphatic carbocycles. The number of carbonyl (C=O) groups is 2. The summed E-state index contributed by atoms with van der Waals surface area (Å²) in [7, 11) is 0. The Morgan fingerprint density at radius 2 is 2.00 bits per heavy atom. The molecule has 0 aromatic heterocycles. The van der Waals surface area contributed by atoms with E-state index >= 15 is 0 Å². The molecule has 1 saturated heterocycles. The van der Waals surface area contributed by atoms with Gasteiger partial charge in [-0.25, -0.2) is 0 Å². The summed E-state index contributed by atoms with van der Waals surface area (Å²) in [6.07, 6.45) is 1.28. The van der Waals surface area contributed by atoms with Gasteiger partial charge in [0, 0.05) is 0 Å². The van der Waals surface area contributed by atoms with Crippen molar-refractivity contribution in [2.24, 2.45) is 17.6 Å². The number of hydrogen-bond acceptors (Lipinski definition) is 3. The first kappa shape index (κ1) is 10.5. The van der Waals surface area contributed by atoms with E-state index in [0.717, 1.165) is 0 Å². The van der Waals surface area contributed by atoms with Gasteiger partial charge in [-0.05, 0) is 19.8 Å². The average Bonchev–Trinajstić information content (AvgIpc) is 2.91. The molecular formula is C10H14N2O2S. The molecule has 0 bridgehead atoms. The second kappa shape index (κ2) is 3.01. The summed E-state index contributed by atoms with van der Waals surface area (Å²) in [6, 6.07) is 0. The first-order valence-electron chi connectivity index (χ1n) is 5.11. The van der Waals surface area contributed by atoms with Crippen molar-refractivity contribution in [1.82, 2.24) is 4.90 Å². The number of carbonyl (C=O) groups excluding carboxylic acids is 2. The maximum atomic E-state index is 11.9. The predicted octanol–water partition coefficient (Wildman–Crippen LogP) is 0.446. The monoisotopic (exact) mass is 226 g/mol. The third kappa shape index (κ3) is 1.22. The van der Waals surface area contributed by atoms with Crippen molar-refractivity contribution in [3.8, 4) is 0 Å². The zero-order chi connectivity index (χ0) is 11.4. The standard InChI is InChI=1S/C10H14N2O2S/c1-3-10(2,9(11)15)12-7(13)5-4-6(5)8(12)14/h5-6H,3-4H2,1-2H3,(H2,11,15). The average molecular weight is 226 g/mol. The maximum Gasteiger partial charge on any atom is 0.233 e. The van der Waals surface area contributed by atoms with Crippen LogP contribution in [0.15, 0.2) is 0 Å². The maximum absolute atomic E-state index is 11.9. The van der Waals surface area contributed by atoms with E-state index < -0.39 is 5.54 Å². The molecule has 1 aliphatic heterocycles. The van der Waals surface area contributed by atoms with E-state index in [9.17, 15) is 9.59 Å². The molecule has 1 heterocycles. The Kier molecular flexibility index (Phi) is 2.12. The van der Waals surface area contributed by atoms with Gasteiger partial charge in [0.25, 0.3) is 0 Å². The molecule has 2 rings (SSSR count). The number of nitrogens with two attached hydrogens (primary N) is 1. The molecule has 0 aromatic rings. The number of amides is 2. The van der Waals surface area contributed by atoms with E-state index in [-0.39, 0.29) is 28.6 Å². The second-order valence-electron chi connectivity index (χ2n) is 4.45. The van der Waals surface area contributed by atoms with Crippen LogP contribution in [0.1, 0.15) is 26.7 Å². The molecular weight excluding hydrogens is 212 g/mol. The van der Waals surface area contributed by atoms with Crippen LogP contribution in [-0.4, -0.2) is 27.2 Å². The Labute approximate surface area is 93.8 Å². The highest BCUT2D eigenvalue weighted by Gasteiger charge is 2.62. The third-order valence-corrected chi connectivity index (χ3v) is 4.02. The van der Waals surface area contributed by atoms with Crippen molar-refractivity contribution in [2.45, 2.75) is 32.2 Å². The van der Waals surface area contributed by atoms with Crippen LogP contribution >= 0.6 is 12.2 Å². The molecule has 4 nitrogen and oxygen atoms in total. The van der Waals surface area contributed by atoms with Gasteiger partial charge in [0.2, 0.25) is 11.8 Å². The lowest BCUT2D eigenvalue weighted by Gasteiger charge is -2.36. The summed E-state index contributed by atoms with van der Waals surface area (Å²) in [6.45, 7) is 3.64. The molecule has 5 heteroatoms. The minimum Gasteiger partial charge on any atom is -0.391 e. The van der Waals surface area contributed by atoms with Crippen LogP contribution in [0.25, 0.3) is 0 Å². The van der Waals surface area contributed by atoms with Crippen LogP contribution in [0.2, 0.25) is 0 Å². The van der Waals surface area contributed by atoms with Gasteiger partial charge in [0.15, 0.2) is 0 Å². The molecule has 2 fully saturated rings. The van der Waals surface area contributed by atoms with Crippen LogP contribution in [-0.2, 0) is 9.59 Å². The summed E-state index contributed by atoms with van der Waals surface area (Å²) in [5.41, 5.74) is 4.85. The smallest absolute Gasteiger partial charge is 0.233 e. The highest BCUT2D eigenvalue weighted by atomic mass is 32.1. The number of thiocarbonyl (C=S) groups is 1. The lowest BCUT2D eigenvalue weighted by Crippen LogP contribution is -2.57. The number of nitrogens with zero attached hydrogens (tertiary/aromatic N) is 1. The summed E-state index contributed by atoms with van der Waals surface area (Å²) in [5.74, 6) is -0.361. The van der Waals surface area contributed by atoms with Crippen LogP contribution < -0.4 is 5.73 Å². The predicted molar refractivity (Wildman–Crippen MR) is 58.9 cm³/mol. The normalized spacial score (nSPS) is 32.5. The summed E-state index contributed by atoms with van der Waals surface area (Å²) < 4.78 is 0. The second-order valence-corrected chi connectivity index (χ2v) is 4.89. The third-order valence-electron chi connectivity index (χ3n) is 3.58. The highest BCUT2D eigenvalue weighted by Crippen LogP contribution is 2.49. The van der Waals surface area contributed by atoms with Crippen molar-refractivity contribution in [3.63, 3.8) is 0 Å². The molecule has 0 aromatic carbocycles. The molecule has 0 radical (unpaired) electrons. The molecule has 2 N–H and O–H groups in total. The van der Waals surface area contributed by atoms with Gasteiger partial charge in [0.05, 0.1) is 22.4 Å². The lowest BCUT2D eigenvalue weighted by atomic mass is 9.96. The molecule has 3 atom stereocenters. The van der Waals surface area contributed by atoms with Gasteiger partial charge in [-0.3, -0.25) is 14.5 Å². The SMILES string of the molecule is CCC(C)(C(N)=S)N1C(=O)C2CC2C1=O. The minimum absolute atomic E-state index is 0.0854. The Balaban J connectivity index is 2.34. The summed E-state index contributed by atoms with van der Waals surface area (Å²) in [4.78, 5) is 25.2. The quantitative estimate of drug-likeness (QED) is 0.560. The zero-order valence-corrected chi connectivity index (χ0v) is 9.63. The van der Waals surface area contributed by atoms with E-state index in [1.54, 1.807) is 6.92 Å².